The highest BCUT2D eigenvalue weighted by atomic mass is 19.4. The molecule has 32 heavy (non-hydrogen) atoms. The first-order valence-electron chi connectivity index (χ1n) is 8.90. The van der Waals surface area contributed by atoms with Gasteiger partial charge in [0.15, 0.2) is 5.69 Å². The van der Waals surface area contributed by atoms with Gasteiger partial charge in [0, 0.05) is 23.5 Å². The number of nitrogens with two attached hydrogens (primary N) is 2. The number of amides is 1. The van der Waals surface area contributed by atoms with Gasteiger partial charge in [-0.2, -0.15) is 13.2 Å². The van der Waals surface area contributed by atoms with E-state index in [1.54, 1.807) is 30.3 Å². The van der Waals surface area contributed by atoms with Crippen molar-refractivity contribution < 1.29 is 22.5 Å². The molecule has 0 radical (unpaired) electrons. The van der Waals surface area contributed by atoms with E-state index >= 15 is 0 Å². The number of amidine groups is 1. The molecule has 0 fully saturated rings. The molecule has 0 aliphatic heterocycles. The molecule has 0 unspecified atom stereocenters. The van der Waals surface area contributed by atoms with Crippen LogP contribution in [0.4, 0.5) is 30.4 Å². The second-order valence-corrected chi connectivity index (χ2v) is 6.30. The van der Waals surface area contributed by atoms with E-state index in [1.165, 1.54) is 18.2 Å². The van der Waals surface area contributed by atoms with Crippen LogP contribution in [0.25, 0.3) is 6.08 Å². The Morgan fingerprint density at radius 1 is 1.22 bits per heavy atom. The lowest BCUT2D eigenvalue weighted by Crippen LogP contribution is -2.13. The van der Waals surface area contributed by atoms with E-state index in [4.69, 9.17) is 16.9 Å². The number of alkyl halides is 3. The number of rotatable bonds is 6. The first kappa shape index (κ1) is 22.2. The predicted molar refractivity (Wildman–Crippen MR) is 113 cm³/mol. The number of aromatic nitrogens is 2. The van der Waals surface area contributed by atoms with Gasteiger partial charge in [-0.05, 0) is 42.5 Å². The van der Waals surface area contributed by atoms with Crippen molar-refractivity contribution in [3.63, 3.8) is 0 Å². The van der Waals surface area contributed by atoms with Crippen molar-refractivity contribution in [1.82, 2.24) is 10.1 Å². The van der Waals surface area contributed by atoms with Crippen molar-refractivity contribution in [2.24, 2.45) is 10.7 Å². The molecule has 3 rings (SSSR count). The second-order valence-electron chi connectivity index (χ2n) is 6.30. The summed E-state index contributed by atoms with van der Waals surface area (Å²) in [5.41, 5.74) is 12.9. The maximum atomic E-state index is 12.6. The van der Waals surface area contributed by atoms with Gasteiger partial charge in [0.25, 0.3) is 5.91 Å². The van der Waals surface area contributed by atoms with Crippen molar-refractivity contribution in [1.29, 1.82) is 5.41 Å². The largest absolute Gasteiger partial charge is 0.452 e. The summed E-state index contributed by atoms with van der Waals surface area (Å²) in [5, 5.41) is 12.8. The number of anilines is 2. The summed E-state index contributed by atoms with van der Waals surface area (Å²) in [6, 6.07) is 10.00. The van der Waals surface area contributed by atoms with Gasteiger partial charge in [-0.1, -0.05) is 11.2 Å². The van der Waals surface area contributed by atoms with Gasteiger partial charge in [-0.3, -0.25) is 4.79 Å². The summed E-state index contributed by atoms with van der Waals surface area (Å²) in [7, 11) is 0. The zero-order chi connectivity index (χ0) is 23.3. The number of carbonyl (C=O) groups is 1. The lowest BCUT2D eigenvalue weighted by molar-refractivity contribution is -0.155. The van der Waals surface area contributed by atoms with E-state index in [9.17, 15) is 18.0 Å². The molecule has 6 N–H and O–H groups in total. The fraction of sp³-hybridized carbons (Fsp3) is 0.0500. The second kappa shape index (κ2) is 9.12. The molecule has 0 aliphatic rings. The highest BCUT2D eigenvalue weighted by molar-refractivity contribution is 6.02. The number of halogens is 3. The number of benzene rings is 1. The van der Waals surface area contributed by atoms with Gasteiger partial charge >= 0.3 is 6.18 Å². The molecule has 0 atom stereocenters. The Bertz CT molecular complexity index is 1220. The Morgan fingerprint density at radius 2 is 2.00 bits per heavy atom. The number of aliphatic imine (C=N–C) groups is 1. The summed E-state index contributed by atoms with van der Waals surface area (Å²) in [6.45, 7) is 0. The van der Waals surface area contributed by atoms with Crippen LogP contribution >= 0.6 is 0 Å². The zero-order valence-corrected chi connectivity index (χ0v) is 16.2. The van der Waals surface area contributed by atoms with Gasteiger partial charge in [-0.15, -0.1) is 0 Å². The standard InChI is InChI=1S/C20H16F3N7O2/c21-20(22,23)16-9-15(30-32-16)19(31)29-18-3-1-2-12(28-18)5-7-17(26)27-13-4-6-14(25)11(8-13)10-24/h1-10,24H,25H2,(H2,26,27)(H,28,29,31)/b7-5+,24-10?. The Hall–Kier alpha value is -4.48. The van der Waals surface area contributed by atoms with Gasteiger partial charge in [-0.25, -0.2) is 9.98 Å². The van der Waals surface area contributed by atoms with E-state index in [1.807, 2.05) is 0 Å². The van der Waals surface area contributed by atoms with Crippen LogP contribution in [0.5, 0.6) is 0 Å². The molecule has 1 amide bonds. The first-order chi connectivity index (χ1) is 15.2. The Labute approximate surface area is 179 Å². The smallest absolute Gasteiger partial charge is 0.398 e. The monoisotopic (exact) mass is 443 g/mol. The van der Waals surface area contributed by atoms with Crippen molar-refractivity contribution in [2.75, 3.05) is 11.1 Å². The van der Waals surface area contributed by atoms with Crippen molar-refractivity contribution >= 4 is 41.2 Å². The van der Waals surface area contributed by atoms with Crippen LogP contribution < -0.4 is 16.8 Å². The third kappa shape index (κ3) is 5.56. The number of pyridine rings is 1. The van der Waals surface area contributed by atoms with Gasteiger partial charge in [0.05, 0.1) is 11.4 Å². The molecular formula is C20H16F3N7O2. The fourth-order valence-electron chi connectivity index (χ4n) is 2.42. The molecule has 164 valence electrons. The summed E-state index contributed by atoms with van der Waals surface area (Å²) < 4.78 is 41.8. The Balaban J connectivity index is 1.70. The van der Waals surface area contributed by atoms with Gasteiger partial charge in [0.1, 0.15) is 11.7 Å². The molecule has 9 nitrogen and oxygen atoms in total. The van der Waals surface area contributed by atoms with E-state index in [0.717, 1.165) is 6.21 Å². The Kier molecular flexibility index (Phi) is 6.33. The Morgan fingerprint density at radius 3 is 2.69 bits per heavy atom. The van der Waals surface area contributed by atoms with Crippen molar-refractivity contribution in [3.05, 3.63) is 71.3 Å². The fourth-order valence-corrected chi connectivity index (χ4v) is 2.42. The zero-order valence-electron chi connectivity index (χ0n) is 16.2. The predicted octanol–water partition coefficient (Wildman–Crippen LogP) is 3.62. The number of carbonyl (C=O) groups excluding carboxylic acids is 1. The molecule has 0 spiro atoms. The lowest BCUT2D eigenvalue weighted by atomic mass is 10.2. The molecule has 0 saturated heterocycles. The summed E-state index contributed by atoms with van der Waals surface area (Å²) >= 11 is 0. The van der Waals surface area contributed by atoms with E-state index in [-0.39, 0.29) is 11.7 Å². The van der Waals surface area contributed by atoms with Crippen LogP contribution in [0, 0.1) is 5.41 Å². The van der Waals surface area contributed by atoms with Crippen LogP contribution in [-0.2, 0) is 6.18 Å². The molecule has 2 heterocycles. The minimum Gasteiger partial charge on any atom is -0.398 e. The molecule has 1 aromatic carbocycles. The molecule has 2 aromatic heterocycles. The lowest BCUT2D eigenvalue weighted by Gasteiger charge is -2.03. The third-order valence-electron chi connectivity index (χ3n) is 3.94. The third-order valence-corrected chi connectivity index (χ3v) is 3.94. The van der Waals surface area contributed by atoms with E-state index in [2.05, 4.69) is 25.0 Å². The maximum Gasteiger partial charge on any atom is 0.452 e. The highest BCUT2D eigenvalue weighted by Gasteiger charge is 2.36. The molecular weight excluding hydrogens is 427 g/mol. The van der Waals surface area contributed by atoms with Crippen LogP contribution in [0.3, 0.4) is 0 Å². The molecule has 3 aromatic rings. The SMILES string of the molecule is N=Cc1cc(N=C(N)/C=C/c2cccc(NC(=O)c3cc(C(F)(F)F)on3)n2)ccc1N. The molecule has 0 aliphatic carbocycles. The summed E-state index contributed by atoms with van der Waals surface area (Å²) in [6.07, 6.45) is -0.640. The van der Waals surface area contributed by atoms with Crippen molar-refractivity contribution in [3.8, 4) is 0 Å². The number of nitrogen functional groups attached to an aromatic ring is 1. The van der Waals surface area contributed by atoms with Crippen LogP contribution in [0.15, 0.2) is 58.1 Å². The molecule has 0 bridgehead atoms. The minimum atomic E-state index is -4.75. The topological polar surface area (TPSA) is 156 Å². The van der Waals surface area contributed by atoms with Gasteiger partial charge in [0.2, 0.25) is 5.76 Å². The number of hydrogen-bond donors (Lipinski definition) is 4. The quantitative estimate of drug-likeness (QED) is 0.259. The number of hydrogen-bond acceptors (Lipinski definition) is 7. The normalized spacial score (nSPS) is 12.2. The first-order valence-corrected chi connectivity index (χ1v) is 8.90. The summed E-state index contributed by atoms with van der Waals surface area (Å²) in [4.78, 5) is 20.4. The van der Waals surface area contributed by atoms with Gasteiger partial charge < -0.3 is 26.7 Å². The van der Waals surface area contributed by atoms with Crippen LogP contribution in [0.1, 0.15) is 27.5 Å². The van der Waals surface area contributed by atoms with Crippen LogP contribution in [-0.4, -0.2) is 28.1 Å². The minimum absolute atomic E-state index is 0.0818. The average molecular weight is 443 g/mol. The molecule has 12 heteroatoms. The highest BCUT2D eigenvalue weighted by Crippen LogP contribution is 2.29. The van der Waals surface area contributed by atoms with E-state index < -0.39 is 23.5 Å². The van der Waals surface area contributed by atoms with Crippen molar-refractivity contribution in [2.45, 2.75) is 6.18 Å². The maximum absolute atomic E-state index is 12.6. The number of nitrogens with zero attached hydrogens (tertiary/aromatic N) is 3. The summed E-state index contributed by atoms with van der Waals surface area (Å²) in [5.74, 6) is -2.07. The van der Waals surface area contributed by atoms with E-state index in [0.29, 0.717) is 28.7 Å². The molecule has 0 saturated carbocycles. The van der Waals surface area contributed by atoms with Crippen LogP contribution in [0.2, 0.25) is 0 Å². The average Bonchev–Trinajstić information content (AvgIpc) is 3.25. The number of nitrogens with one attached hydrogen (secondary N) is 2.